The summed E-state index contributed by atoms with van der Waals surface area (Å²) in [5.74, 6) is 1.48. The minimum absolute atomic E-state index is 0.0235. The van der Waals surface area contributed by atoms with Crippen LogP contribution in [0.5, 0.6) is 5.75 Å². The summed E-state index contributed by atoms with van der Waals surface area (Å²) in [4.78, 5) is 43.7. The van der Waals surface area contributed by atoms with Crippen molar-refractivity contribution in [3.63, 3.8) is 0 Å². The first-order chi connectivity index (χ1) is 16.9. The molecular weight excluding hydrogens is 464 g/mol. The minimum Gasteiger partial charge on any atom is -0.494 e. The summed E-state index contributed by atoms with van der Waals surface area (Å²) in [6, 6.07) is 3.93. The molecule has 1 N–H and O–H groups in total. The number of thiophene rings is 1. The minimum atomic E-state index is -0.0910. The number of rotatable bonds is 7. The van der Waals surface area contributed by atoms with Gasteiger partial charge in [0, 0.05) is 62.4 Å². The zero-order valence-electron chi connectivity index (χ0n) is 20.3. The second-order valence-electron chi connectivity index (χ2n) is 9.14. The zero-order valence-corrected chi connectivity index (χ0v) is 21.1. The highest BCUT2D eigenvalue weighted by atomic mass is 32.1. The number of carbonyl (C=O) groups excluding carboxylic acids is 2. The zero-order chi connectivity index (χ0) is 24.7. The van der Waals surface area contributed by atoms with Gasteiger partial charge in [0.25, 0.3) is 0 Å². The maximum atomic E-state index is 13.1. The monoisotopic (exact) mass is 492 g/mol. The van der Waals surface area contributed by atoms with E-state index in [-0.39, 0.29) is 17.7 Å². The van der Waals surface area contributed by atoms with Gasteiger partial charge in [0.1, 0.15) is 22.7 Å². The topological polar surface area (TPSA) is 100 Å². The van der Waals surface area contributed by atoms with Crippen LogP contribution in [0.25, 0.3) is 16.4 Å². The highest BCUT2D eigenvalue weighted by Gasteiger charge is 2.31. The lowest BCUT2D eigenvalue weighted by Crippen LogP contribution is -2.37. The Morgan fingerprint density at radius 1 is 1.23 bits per heavy atom. The molecule has 182 valence electrons. The molecule has 1 unspecified atom stereocenters. The predicted molar refractivity (Wildman–Crippen MR) is 135 cm³/mol. The molecule has 2 aromatic heterocycles. The molecule has 1 aromatic carbocycles. The highest BCUT2D eigenvalue weighted by molar-refractivity contribution is 7.19. The lowest BCUT2D eigenvalue weighted by molar-refractivity contribution is -0.135. The van der Waals surface area contributed by atoms with Crippen molar-refractivity contribution in [3.05, 3.63) is 39.5 Å². The molecule has 0 saturated carbocycles. The van der Waals surface area contributed by atoms with Gasteiger partial charge in [-0.1, -0.05) is 0 Å². The highest BCUT2D eigenvalue weighted by Crippen LogP contribution is 2.41. The van der Waals surface area contributed by atoms with Crippen LogP contribution >= 0.6 is 11.3 Å². The fourth-order valence-corrected chi connectivity index (χ4v) is 5.86. The summed E-state index contributed by atoms with van der Waals surface area (Å²) in [6.45, 7) is 0.429. The normalized spacial score (nSPS) is 15.7. The number of ether oxygens (including phenoxy) is 1. The van der Waals surface area contributed by atoms with Crippen molar-refractivity contribution in [1.82, 2.24) is 19.8 Å². The fourth-order valence-electron chi connectivity index (χ4n) is 4.59. The van der Waals surface area contributed by atoms with Gasteiger partial charge in [-0.3, -0.25) is 14.6 Å². The van der Waals surface area contributed by atoms with Crippen molar-refractivity contribution < 1.29 is 14.3 Å². The second kappa shape index (κ2) is 9.26. The van der Waals surface area contributed by atoms with Gasteiger partial charge in [-0.25, -0.2) is 9.97 Å². The van der Waals surface area contributed by atoms with Crippen molar-refractivity contribution in [1.29, 1.82) is 0 Å². The standard InChI is InChI=1S/C25H28N6O3S/c1-30(2)21(32)7-8-31(3)25(33)14-5-6-16-20(10-14)35-24-22(16)23(27-13-28-24)29-18-9-15-12-26-17(15)11-19(18)34-4/h9,11-14H,5-8,10H2,1-4H3,(H,27,28,29). The van der Waals surface area contributed by atoms with Crippen LogP contribution in [0.2, 0.25) is 0 Å². The number of amides is 2. The molecule has 0 spiro atoms. The quantitative estimate of drug-likeness (QED) is 0.541. The SMILES string of the molecule is COc1cc2c(cc1Nc1ncnc3sc4c(c13)CCC(C(=O)N(C)CCC(=O)N(C)C)C4)=CN=2. The molecule has 1 atom stereocenters. The Labute approximate surface area is 207 Å². The first kappa shape index (κ1) is 23.2. The van der Waals surface area contributed by atoms with Crippen LogP contribution in [-0.4, -0.2) is 66.4 Å². The van der Waals surface area contributed by atoms with E-state index in [9.17, 15) is 9.59 Å². The average Bonchev–Trinajstić information content (AvgIpc) is 3.22. The number of fused-ring (bicyclic) bond motifs is 4. The summed E-state index contributed by atoms with van der Waals surface area (Å²) < 4.78 is 5.56. The number of hydrogen-bond acceptors (Lipinski definition) is 8. The molecule has 9 nitrogen and oxygen atoms in total. The van der Waals surface area contributed by atoms with Crippen LogP contribution in [0.15, 0.2) is 23.5 Å². The molecule has 3 heterocycles. The summed E-state index contributed by atoms with van der Waals surface area (Å²) in [5.41, 5.74) is 2.04. The summed E-state index contributed by atoms with van der Waals surface area (Å²) in [5, 5.41) is 6.44. The average molecular weight is 493 g/mol. The molecule has 1 aliphatic heterocycles. The third-order valence-electron chi connectivity index (χ3n) is 6.68. The third-order valence-corrected chi connectivity index (χ3v) is 7.84. The van der Waals surface area contributed by atoms with Gasteiger partial charge in [-0.05, 0) is 30.9 Å². The van der Waals surface area contributed by atoms with E-state index in [1.807, 2.05) is 18.3 Å². The first-order valence-corrected chi connectivity index (χ1v) is 12.4. The Kier molecular flexibility index (Phi) is 6.14. The van der Waals surface area contributed by atoms with Crippen LogP contribution in [0.3, 0.4) is 0 Å². The van der Waals surface area contributed by atoms with E-state index >= 15 is 0 Å². The number of aromatic nitrogens is 2. The van der Waals surface area contributed by atoms with Gasteiger partial charge in [-0.2, -0.15) is 0 Å². The van der Waals surface area contributed by atoms with Crippen LogP contribution in [0, 0.1) is 5.92 Å². The van der Waals surface area contributed by atoms with E-state index < -0.39 is 0 Å². The van der Waals surface area contributed by atoms with Gasteiger partial charge in [-0.15, -0.1) is 11.3 Å². The molecular formula is C25H28N6O3S. The van der Waals surface area contributed by atoms with Crippen LogP contribution in [0.1, 0.15) is 23.3 Å². The van der Waals surface area contributed by atoms with Crippen molar-refractivity contribution >= 4 is 51.1 Å². The van der Waals surface area contributed by atoms with E-state index in [1.54, 1.807) is 55.7 Å². The van der Waals surface area contributed by atoms with Gasteiger partial charge in [0.15, 0.2) is 0 Å². The molecule has 5 rings (SSSR count). The Hall–Kier alpha value is -3.53. The Morgan fingerprint density at radius 3 is 2.77 bits per heavy atom. The first-order valence-electron chi connectivity index (χ1n) is 11.6. The molecule has 35 heavy (non-hydrogen) atoms. The lowest BCUT2D eigenvalue weighted by Gasteiger charge is -2.27. The number of methoxy groups -OCH3 is 1. The number of aryl methyl sites for hydroxylation is 1. The van der Waals surface area contributed by atoms with Gasteiger partial charge in [0.2, 0.25) is 11.8 Å². The number of benzene rings is 1. The molecule has 0 saturated heterocycles. The smallest absolute Gasteiger partial charge is 0.225 e. The van der Waals surface area contributed by atoms with Gasteiger partial charge in [0.05, 0.1) is 23.5 Å². The number of carbonyl (C=O) groups is 2. The molecule has 3 aromatic rings. The van der Waals surface area contributed by atoms with E-state index in [0.29, 0.717) is 25.1 Å². The number of hydrogen-bond donors (Lipinski definition) is 1. The predicted octanol–water partition coefficient (Wildman–Crippen LogP) is 1.86. The van der Waals surface area contributed by atoms with E-state index in [0.717, 1.165) is 45.1 Å². The van der Waals surface area contributed by atoms with Crippen molar-refractivity contribution in [2.75, 3.05) is 40.1 Å². The maximum Gasteiger partial charge on any atom is 0.225 e. The number of nitrogens with one attached hydrogen (secondary N) is 1. The lowest BCUT2D eigenvalue weighted by atomic mass is 9.87. The van der Waals surface area contributed by atoms with Crippen LogP contribution < -0.4 is 20.6 Å². The van der Waals surface area contributed by atoms with Crippen LogP contribution in [-0.2, 0) is 22.4 Å². The molecule has 2 aliphatic rings. The molecule has 0 fully saturated rings. The Morgan fingerprint density at radius 2 is 2.06 bits per heavy atom. The van der Waals surface area contributed by atoms with Crippen molar-refractivity contribution in [2.45, 2.75) is 25.7 Å². The molecule has 2 amide bonds. The van der Waals surface area contributed by atoms with Crippen molar-refractivity contribution in [2.24, 2.45) is 10.9 Å². The van der Waals surface area contributed by atoms with E-state index in [1.165, 1.54) is 10.4 Å². The molecule has 1 aliphatic carbocycles. The van der Waals surface area contributed by atoms with E-state index in [2.05, 4.69) is 20.3 Å². The Bertz CT molecular complexity index is 1450. The summed E-state index contributed by atoms with van der Waals surface area (Å²) in [6.07, 6.45) is 5.95. The van der Waals surface area contributed by atoms with Crippen molar-refractivity contribution in [3.8, 4) is 5.75 Å². The Balaban J connectivity index is 1.37. The largest absolute Gasteiger partial charge is 0.494 e. The van der Waals surface area contributed by atoms with E-state index in [4.69, 9.17) is 4.74 Å². The maximum absolute atomic E-state index is 13.1. The molecule has 10 heteroatoms. The van der Waals surface area contributed by atoms with Gasteiger partial charge >= 0.3 is 0 Å². The fraction of sp³-hybridized carbons (Fsp3) is 0.400. The van der Waals surface area contributed by atoms with Crippen LogP contribution in [0.4, 0.5) is 11.5 Å². The molecule has 0 bridgehead atoms. The molecule has 0 radical (unpaired) electrons. The van der Waals surface area contributed by atoms with Gasteiger partial charge < -0.3 is 19.9 Å². The third kappa shape index (κ3) is 4.34. The second-order valence-corrected chi connectivity index (χ2v) is 10.2. The summed E-state index contributed by atoms with van der Waals surface area (Å²) in [7, 11) is 6.88. The number of anilines is 2. The number of nitrogens with zero attached hydrogens (tertiary/aromatic N) is 5. The summed E-state index contributed by atoms with van der Waals surface area (Å²) >= 11 is 1.63.